The van der Waals surface area contributed by atoms with E-state index in [2.05, 4.69) is 32.0 Å². The Morgan fingerprint density at radius 3 is 2.83 bits per heavy atom. The maximum absolute atomic E-state index is 10.4. The Morgan fingerprint density at radius 1 is 1.20 bits per heavy atom. The fourth-order valence-corrected chi connectivity index (χ4v) is 4.83. The highest BCUT2D eigenvalue weighted by Crippen LogP contribution is 2.44. The number of nitrogens with zero attached hydrogens (tertiary/aromatic N) is 6. The Hall–Kier alpha value is -2.55. The van der Waals surface area contributed by atoms with E-state index in [1.807, 2.05) is 44.2 Å². The maximum Gasteiger partial charge on any atom is 0.163 e. The molecular weight excluding hydrogens is 378 g/mol. The Bertz CT molecular complexity index is 1080. The molecule has 0 aliphatic carbocycles. The van der Waals surface area contributed by atoms with Gasteiger partial charge in [-0.25, -0.2) is 4.98 Å². The molecule has 2 aliphatic rings. The number of nitrogens with one attached hydrogen (secondary N) is 1. The first-order valence-electron chi connectivity index (χ1n) is 10.7. The lowest BCUT2D eigenvalue weighted by Crippen LogP contribution is -2.45. The van der Waals surface area contributed by atoms with Crippen LogP contribution in [-0.2, 0) is 12.0 Å². The van der Waals surface area contributed by atoms with Gasteiger partial charge < -0.3 is 10.0 Å². The lowest BCUT2D eigenvalue weighted by Gasteiger charge is -2.26. The van der Waals surface area contributed by atoms with Crippen molar-refractivity contribution < 1.29 is 5.11 Å². The van der Waals surface area contributed by atoms with Crippen LogP contribution in [0.2, 0.25) is 0 Å². The van der Waals surface area contributed by atoms with Crippen LogP contribution in [-0.4, -0.2) is 69.8 Å². The van der Waals surface area contributed by atoms with E-state index in [-0.39, 0.29) is 5.41 Å². The molecule has 2 N–H and O–H groups in total. The van der Waals surface area contributed by atoms with Gasteiger partial charge >= 0.3 is 0 Å². The Kier molecular flexibility index (Phi) is 4.72. The SMILES string of the molecule is CCNC(O)N1CCC2(CCn3nc(-c4cnc5ccc(N(C)C)nc5c4)cc32)C1. The molecule has 0 saturated carbocycles. The van der Waals surface area contributed by atoms with Crippen LogP contribution >= 0.6 is 0 Å². The van der Waals surface area contributed by atoms with Crippen LogP contribution in [0.3, 0.4) is 0 Å². The summed E-state index contributed by atoms with van der Waals surface area (Å²) in [7, 11) is 3.98. The standard InChI is InChI=1S/C22H29N7O/c1-4-23-21(30)28-9-7-22(14-28)8-10-29-19(22)12-17(26-29)15-11-18-16(24-13-15)5-6-20(25-18)27(2)3/h5-6,11-13,21,23,30H,4,7-10,14H2,1-3H3. The first-order valence-corrected chi connectivity index (χ1v) is 10.7. The average Bonchev–Trinajstić information content (AvgIpc) is 3.44. The van der Waals surface area contributed by atoms with E-state index in [0.29, 0.717) is 0 Å². The minimum atomic E-state index is -0.576. The zero-order valence-electron chi connectivity index (χ0n) is 17.8. The molecule has 0 aromatic carbocycles. The quantitative estimate of drug-likeness (QED) is 0.624. The summed E-state index contributed by atoms with van der Waals surface area (Å²) in [6.07, 6.45) is 3.44. The lowest BCUT2D eigenvalue weighted by atomic mass is 9.82. The van der Waals surface area contributed by atoms with Crippen molar-refractivity contribution in [2.24, 2.45) is 0 Å². The van der Waals surface area contributed by atoms with Crippen LogP contribution < -0.4 is 10.2 Å². The molecule has 0 amide bonds. The number of likely N-dealkylation sites (tertiary alicyclic amines) is 1. The number of aliphatic hydroxyl groups is 1. The van der Waals surface area contributed by atoms with Gasteiger partial charge in [0.05, 0.1) is 16.7 Å². The fraction of sp³-hybridized carbons (Fsp3) is 0.500. The van der Waals surface area contributed by atoms with Crippen molar-refractivity contribution in [3.63, 3.8) is 0 Å². The van der Waals surface area contributed by atoms with Crippen LogP contribution in [0.5, 0.6) is 0 Å². The van der Waals surface area contributed by atoms with Gasteiger partial charge in [-0.1, -0.05) is 6.92 Å². The average molecular weight is 408 g/mol. The molecule has 0 radical (unpaired) electrons. The van der Waals surface area contributed by atoms with Gasteiger partial charge in [-0.15, -0.1) is 0 Å². The van der Waals surface area contributed by atoms with Gasteiger partial charge in [0, 0.05) is 56.6 Å². The highest BCUT2D eigenvalue weighted by Gasteiger charge is 2.46. The van der Waals surface area contributed by atoms with Gasteiger partial charge in [-0.2, -0.15) is 5.10 Å². The molecule has 2 atom stereocenters. The molecule has 8 heteroatoms. The second-order valence-electron chi connectivity index (χ2n) is 8.65. The Morgan fingerprint density at radius 2 is 2.03 bits per heavy atom. The van der Waals surface area contributed by atoms with Gasteiger partial charge in [-0.3, -0.25) is 19.9 Å². The van der Waals surface area contributed by atoms with E-state index < -0.39 is 6.35 Å². The lowest BCUT2D eigenvalue weighted by molar-refractivity contribution is -0.00920. The highest BCUT2D eigenvalue weighted by atomic mass is 16.3. The van der Waals surface area contributed by atoms with E-state index in [1.165, 1.54) is 5.69 Å². The third kappa shape index (κ3) is 3.15. The van der Waals surface area contributed by atoms with Crippen molar-refractivity contribution in [1.82, 2.24) is 30.0 Å². The zero-order chi connectivity index (χ0) is 20.9. The second kappa shape index (κ2) is 7.30. The van der Waals surface area contributed by atoms with Crippen LogP contribution in [0.4, 0.5) is 5.82 Å². The molecule has 2 aliphatic heterocycles. The number of pyridine rings is 2. The minimum absolute atomic E-state index is 0.0717. The largest absolute Gasteiger partial charge is 0.365 e. The molecule has 30 heavy (non-hydrogen) atoms. The number of aryl methyl sites for hydroxylation is 1. The van der Waals surface area contributed by atoms with Crippen LogP contribution in [0, 0.1) is 0 Å². The van der Waals surface area contributed by atoms with Crippen LogP contribution in [0.1, 0.15) is 25.5 Å². The van der Waals surface area contributed by atoms with Crippen molar-refractivity contribution >= 4 is 16.9 Å². The van der Waals surface area contributed by atoms with E-state index in [9.17, 15) is 5.11 Å². The number of rotatable bonds is 5. The normalized spacial score (nSPS) is 22.1. The smallest absolute Gasteiger partial charge is 0.163 e. The fourth-order valence-electron chi connectivity index (χ4n) is 4.83. The van der Waals surface area contributed by atoms with Crippen molar-refractivity contribution in [2.45, 2.75) is 38.1 Å². The van der Waals surface area contributed by atoms with Gasteiger partial charge in [0.2, 0.25) is 0 Å². The summed E-state index contributed by atoms with van der Waals surface area (Å²) >= 11 is 0. The number of fused-ring (bicyclic) bond motifs is 3. The summed E-state index contributed by atoms with van der Waals surface area (Å²) in [5, 5.41) is 18.4. The summed E-state index contributed by atoms with van der Waals surface area (Å²) in [6, 6.07) is 8.29. The highest BCUT2D eigenvalue weighted by molar-refractivity contribution is 5.81. The summed E-state index contributed by atoms with van der Waals surface area (Å²) < 4.78 is 2.15. The molecule has 1 saturated heterocycles. The number of hydrogen-bond donors (Lipinski definition) is 2. The molecule has 2 unspecified atom stereocenters. The van der Waals surface area contributed by atoms with E-state index >= 15 is 0 Å². The molecule has 158 valence electrons. The number of aromatic nitrogens is 4. The molecule has 0 bridgehead atoms. The van der Waals surface area contributed by atoms with Crippen LogP contribution in [0.25, 0.3) is 22.3 Å². The van der Waals surface area contributed by atoms with E-state index in [1.54, 1.807) is 0 Å². The van der Waals surface area contributed by atoms with Gasteiger partial charge in [0.15, 0.2) is 6.35 Å². The Labute approximate surface area is 176 Å². The molecule has 8 nitrogen and oxygen atoms in total. The monoisotopic (exact) mass is 407 g/mol. The van der Waals surface area contributed by atoms with Gasteiger partial charge in [0.25, 0.3) is 0 Å². The Balaban J connectivity index is 1.45. The predicted molar refractivity (Wildman–Crippen MR) is 117 cm³/mol. The molecule has 3 aromatic heterocycles. The summed E-state index contributed by atoms with van der Waals surface area (Å²) in [5.74, 6) is 0.915. The summed E-state index contributed by atoms with van der Waals surface area (Å²) in [5.41, 5.74) is 5.05. The van der Waals surface area contributed by atoms with Crippen molar-refractivity contribution in [3.05, 3.63) is 36.2 Å². The molecular formula is C22H29N7O. The first-order chi connectivity index (χ1) is 14.5. The third-order valence-electron chi connectivity index (χ3n) is 6.52. The molecule has 5 rings (SSSR count). The maximum atomic E-state index is 10.4. The van der Waals surface area contributed by atoms with Crippen molar-refractivity contribution in [2.75, 3.05) is 38.6 Å². The molecule has 3 aromatic rings. The molecule has 1 fully saturated rings. The summed E-state index contributed by atoms with van der Waals surface area (Å²) in [6.45, 7) is 5.44. The topological polar surface area (TPSA) is 82.3 Å². The zero-order valence-corrected chi connectivity index (χ0v) is 17.8. The number of aliphatic hydroxyl groups excluding tert-OH is 1. The van der Waals surface area contributed by atoms with Crippen molar-refractivity contribution in [3.8, 4) is 11.3 Å². The number of hydrogen-bond acceptors (Lipinski definition) is 7. The second-order valence-corrected chi connectivity index (χ2v) is 8.65. The van der Waals surface area contributed by atoms with E-state index in [4.69, 9.17) is 10.1 Å². The minimum Gasteiger partial charge on any atom is -0.365 e. The van der Waals surface area contributed by atoms with Gasteiger partial charge in [-0.05, 0) is 43.7 Å². The van der Waals surface area contributed by atoms with Crippen molar-refractivity contribution in [1.29, 1.82) is 0 Å². The first kappa shape index (κ1) is 19.4. The van der Waals surface area contributed by atoms with E-state index in [0.717, 1.165) is 67.1 Å². The molecule has 1 spiro atoms. The van der Waals surface area contributed by atoms with Crippen LogP contribution in [0.15, 0.2) is 30.5 Å². The third-order valence-corrected chi connectivity index (χ3v) is 6.52. The predicted octanol–water partition coefficient (Wildman–Crippen LogP) is 1.79. The number of anilines is 1. The molecule has 5 heterocycles. The van der Waals surface area contributed by atoms with Gasteiger partial charge in [0.1, 0.15) is 5.82 Å². The summed E-state index contributed by atoms with van der Waals surface area (Å²) in [4.78, 5) is 13.5.